The Hall–Kier alpha value is -0.560. The molecule has 0 aromatic heterocycles. The maximum absolute atomic E-state index is 5.44. The van der Waals surface area contributed by atoms with Gasteiger partial charge in [0.05, 0.1) is 14.2 Å². The molecule has 0 saturated carbocycles. The molecule has 0 spiro atoms. The molecule has 0 amide bonds. The average molecular weight is 411 g/mol. The summed E-state index contributed by atoms with van der Waals surface area (Å²) in [4.78, 5) is 5.34. The molecule has 2 fully saturated rings. The Morgan fingerprint density at radius 3 is 2.56 bits per heavy atom. The Bertz CT molecular complexity index is 579. The van der Waals surface area contributed by atoms with E-state index in [1.54, 1.807) is 14.2 Å². The van der Waals surface area contributed by atoms with Crippen molar-refractivity contribution in [3.8, 4) is 11.5 Å². The zero-order chi connectivity index (χ0) is 19.1. The van der Waals surface area contributed by atoms with Gasteiger partial charge in [-0.15, -0.1) is 0 Å². The van der Waals surface area contributed by atoms with Crippen LogP contribution in [0.2, 0.25) is 0 Å². The summed E-state index contributed by atoms with van der Waals surface area (Å²) in [7, 11) is 5.69. The quantitative estimate of drug-likeness (QED) is 0.682. The Balaban J connectivity index is 1.52. The molecule has 1 aromatic rings. The van der Waals surface area contributed by atoms with Gasteiger partial charge in [0.15, 0.2) is 11.5 Å². The molecule has 6 heteroatoms. The van der Waals surface area contributed by atoms with E-state index in [0.717, 1.165) is 30.5 Å². The molecule has 4 nitrogen and oxygen atoms in total. The number of hydrogen-bond donors (Lipinski definition) is 0. The SMILES string of the molecule is COc1ccc(CCN(C)[C@@H]2CCCN(C3CSCCSC3)C2)cc1OC. The Labute approximate surface area is 173 Å². The van der Waals surface area contributed by atoms with E-state index in [0.29, 0.717) is 6.04 Å². The number of methoxy groups -OCH3 is 2. The molecule has 2 saturated heterocycles. The molecule has 27 heavy (non-hydrogen) atoms. The van der Waals surface area contributed by atoms with E-state index in [2.05, 4.69) is 52.5 Å². The number of rotatable bonds is 7. The van der Waals surface area contributed by atoms with Crippen molar-refractivity contribution in [3.63, 3.8) is 0 Å². The number of benzene rings is 1. The average Bonchev–Trinajstić information content (AvgIpc) is 3.01. The number of hydrogen-bond acceptors (Lipinski definition) is 6. The van der Waals surface area contributed by atoms with E-state index in [-0.39, 0.29) is 0 Å². The second-order valence-electron chi connectivity index (χ2n) is 7.51. The molecule has 152 valence electrons. The summed E-state index contributed by atoms with van der Waals surface area (Å²) in [5, 5.41) is 0. The van der Waals surface area contributed by atoms with Crippen molar-refractivity contribution in [2.24, 2.45) is 0 Å². The van der Waals surface area contributed by atoms with Gasteiger partial charge in [-0.1, -0.05) is 6.07 Å². The van der Waals surface area contributed by atoms with E-state index in [9.17, 15) is 0 Å². The van der Waals surface area contributed by atoms with Gasteiger partial charge in [-0.25, -0.2) is 0 Å². The maximum Gasteiger partial charge on any atom is 0.160 e. The summed E-state index contributed by atoms with van der Waals surface area (Å²) in [5.41, 5.74) is 1.31. The van der Waals surface area contributed by atoms with E-state index in [1.807, 2.05) is 6.07 Å². The van der Waals surface area contributed by atoms with Crippen LogP contribution in [0.25, 0.3) is 0 Å². The zero-order valence-electron chi connectivity index (χ0n) is 17.0. The predicted octanol–water partition coefficient (Wildman–Crippen LogP) is 3.49. The van der Waals surface area contributed by atoms with Crippen LogP contribution in [0.3, 0.4) is 0 Å². The van der Waals surface area contributed by atoms with Crippen LogP contribution in [-0.4, -0.2) is 85.8 Å². The van der Waals surface area contributed by atoms with Crippen molar-refractivity contribution in [3.05, 3.63) is 23.8 Å². The molecule has 0 bridgehead atoms. The van der Waals surface area contributed by atoms with Gasteiger partial charge in [0.2, 0.25) is 0 Å². The second kappa shape index (κ2) is 10.8. The summed E-state index contributed by atoms with van der Waals surface area (Å²) in [6.07, 6.45) is 3.70. The minimum Gasteiger partial charge on any atom is -0.493 e. The van der Waals surface area contributed by atoms with Crippen LogP contribution in [0.5, 0.6) is 11.5 Å². The number of piperidine rings is 1. The molecule has 1 aromatic carbocycles. The first-order valence-corrected chi connectivity index (χ1v) is 12.3. The summed E-state index contributed by atoms with van der Waals surface area (Å²) < 4.78 is 10.8. The highest BCUT2D eigenvalue weighted by atomic mass is 32.2. The normalized spacial score (nSPS) is 22.6. The summed E-state index contributed by atoms with van der Waals surface area (Å²) >= 11 is 4.29. The number of thioether (sulfide) groups is 2. The van der Waals surface area contributed by atoms with E-state index in [1.165, 1.54) is 54.5 Å². The molecule has 0 unspecified atom stereocenters. The van der Waals surface area contributed by atoms with Crippen LogP contribution >= 0.6 is 23.5 Å². The fourth-order valence-electron chi connectivity index (χ4n) is 4.01. The minimum atomic E-state index is 0.678. The third-order valence-electron chi connectivity index (χ3n) is 5.76. The van der Waals surface area contributed by atoms with E-state index >= 15 is 0 Å². The number of likely N-dealkylation sites (tertiary alicyclic amines) is 1. The molecule has 3 rings (SSSR count). The molecule has 0 aliphatic carbocycles. The fourth-order valence-corrected chi connectivity index (χ4v) is 6.64. The lowest BCUT2D eigenvalue weighted by atomic mass is 10.0. The van der Waals surface area contributed by atoms with Crippen molar-refractivity contribution >= 4 is 23.5 Å². The van der Waals surface area contributed by atoms with Crippen LogP contribution in [0.4, 0.5) is 0 Å². The number of nitrogens with zero attached hydrogens (tertiary/aromatic N) is 2. The minimum absolute atomic E-state index is 0.678. The lowest BCUT2D eigenvalue weighted by Gasteiger charge is -2.41. The van der Waals surface area contributed by atoms with Gasteiger partial charge in [0.25, 0.3) is 0 Å². The third-order valence-corrected chi connectivity index (χ3v) is 8.25. The van der Waals surface area contributed by atoms with E-state index in [4.69, 9.17) is 9.47 Å². The second-order valence-corrected chi connectivity index (χ2v) is 9.81. The van der Waals surface area contributed by atoms with Crippen LogP contribution in [0.15, 0.2) is 18.2 Å². The number of likely N-dealkylation sites (N-methyl/N-ethyl adjacent to an activating group) is 1. The molecule has 1 atom stereocenters. The first kappa shape index (κ1) is 21.2. The highest BCUT2D eigenvalue weighted by Gasteiger charge is 2.28. The smallest absolute Gasteiger partial charge is 0.160 e. The predicted molar refractivity (Wildman–Crippen MR) is 119 cm³/mol. The Morgan fingerprint density at radius 1 is 1.11 bits per heavy atom. The molecule has 2 aliphatic rings. The first-order chi connectivity index (χ1) is 13.2. The molecular formula is C21H34N2O2S2. The van der Waals surface area contributed by atoms with Crippen LogP contribution in [0.1, 0.15) is 18.4 Å². The maximum atomic E-state index is 5.44. The molecule has 0 N–H and O–H groups in total. The summed E-state index contributed by atoms with van der Waals surface area (Å²) in [5.74, 6) is 6.90. The van der Waals surface area contributed by atoms with Crippen molar-refractivity contribution in [2.75, 3.05) is 63.9 Å². The van der Waals surface area contributed by atoms with Crippen molar-refractivity contribution in [1.82, 2.24) is 9.80 Å². The van der Waals surface area contributed by atoms with Crippen molar-refractivity contribution < 1.29 is 9.47 Å². The Morgan fingerprint density at radius 2 is 1.85 bits per heavy atom. The van der Waals surface area contributed by atoms with Gasteiger partial charge in [0.1, 0.15) is 0 Å². The Kier molecular flexibility index (Phi) is 8.49. The van der Waals surface area contributed by atoms with Gasteiger partial charge in [-0.3, -0.25) is 4.90 Å². The highest BCUT2D eigenvalue weighted by molar-refractivity contribution is 8.03. The molecule has 2 aliphatic heterocycles. The van der Waals surface area contributed by atoms with Crippen LogP contribution < -0.4 is 9.47 Å². The van der Waals surface area contributed by atoms with Crippen LogP contribution in [-0.2, 0) is 6.42 Å². The largest absolute Gasteiger partial charge is 0.493 e. The topological polar surface area (TPSA) is 24.9 Å². The first-order valence-electron chi connectivity index (χ1n) is 10.0. The fraction of sp³-hybridized carbons (Fsp3) is 0.714. The highest BCUT2D eigenvalue weighted by Crippen LogP contribution is 2.28. The van der Waals surface area contributed by atoms with Gasteiger partial charge < -0.3 is 14.4 Å². The lowest BCUT2D eigenvalue weighted by molar-refractivity contribution is 0.0986. The number of ether oxygens (including phenoxy) is 2. The summed E-state index contributed by atoms with van der Waals surface area (Å²) in [6, 6.07) is 7.72. The van der Waals surface area contributed by atoms with Gasteiger partial charge in [-0.05, 0) is 50.6 Å². The lowest BCUT2D eigenvalue weighted by Crippen LogP contribution is -2.51. The standard InChI is InChI=1S/C21H34N2O2S2/c1-22(10-8-17-6-7-20(24-2)21(13-17)25-3)18-5-4-9-23(14-18)19-15-26-11-12-27-16-19/h6-7,13,18-19H,4-5,8-12,14-16H2,1-3H3/t18-/m1/s1. The van der Waals surface area contributed by atoms with Crippen LogP contribution in [0, 0.1) is 0 Å². The van der Waals surface area contributed by atoms with E-state index < -0.39 is 0 Å². The van der Waals surface area contributed by atoms with Crippen molar-refractivity contribution in [1.29, 1.82) is 0 Å². The summed E-state index contributed by atoms with van der Waals surface area (Å²) in [6.45, 7) is 3.60. The van der Waals surface area contributed by atoms with Gasteiger partial charge >= 0.3 is 0 Å². The van der Waals surface area contributed by atoms with Crippen molar-refractivity contribution in [2.45, 2.75) is 31.3 Å². The zero-order valence-corrected chi connectivity index (χ0v) is 18.6. The van der Waals surface area contributed by atoms with Gasteiger partial charge in [0, 0.05) is 48.2 Å². The molecule has 0 radical (unpaired) electrons. The van der Waals surface area contributed by atoms with Gasteiger partial charge in [-0.2, -0.15) is 23.5 Å². The third kappa shape index (κ3) is 5.96. The molecular weight excluding hydrogens is 376 g/mol. The molecule has 2 heterocycles. The monoisotopic (exact) mass is 410 g/mol.